The quantitative estimate of drug-likeness (QED) is 0.675. The highest BCUT2D eigenvalue weighted by atomic mass is 16.5. The van der Waals surface area contributed by atoms with Crippen LogP contribution in [0, 0.1) is 34.5 Å². The van der Waals surface area contributed by atoms with Crippen LogP contribution in [0.4, 0.5) is 0 Å². The summed E-state index contributed by atoms with van der Waals surface area (Å²) in [5.74, 6) is 2.44. The predicted molar refractivity (Wildman–Crippen MR) is 87.7 cm³/mol. The fraction of sp³-hybridized carbons (Fsp3) is 0.900. The van der Waals surface area contributed by atoms with E-state index in [0.717, 1.165) is 38.9 Å². The first-order chi connectivity index (χ1) is 11.0. The van der Waals surface area contributed by atoms with E-state index in [-0.39, 0.29) is 23.0 Å². The van der Waals surface area contributed by atoms with Gasteiger partial charge in [0.2, 0.25) is 0 Å². The van der Waals surface area contributed by atoms with Gasteiger partial charge in [-0.3, -0.25) is 0 Å². The van der Waals surface area contributed by atoms with Gasteiger partial charge in [-0.2, -0.15) is 0 Å². The summed E-state index contributed by atoms with van der Waals surface area (Å²) in [5, 5.41) is 21.0. The lowest BCUT2D eigenvalue weighted by molar-refractivity contribution is -0.149. The number of aliphatic hydroxyl groups excluding tert-OH is 2. The Balaban J connectivity index is 1.54. The lowest BCUT2D eigenvalue weighted by atomic mass is 9.46. The monoisotopic (exact) mass is 318 g/mol. The van der Waals surface area contributed by atoms with Crippen LogP contribution in [0.3, 0.4) is 0 Å². The van der Waals surface area contributed by atoms with Crippen LogP contribution in [-0.4, -0.2) is 35.6 Å². The van der Waals surface area contributed by atoms with Crippen LogP contribution in [0.25, 0.3) is 0 Å². The summed E-state index contributed by atoms with van der Waals surface area (Å²) in [6.45, 7) is 3.95. The van der Waals surface area contributed by atoms with Gasteiger partial charge < -0.3 is 14.9 Å². The molecule has 1 saturated heterocycles. The molecule has 8 unspecified atom stereocenters. The second-order valence-corrected chi connectivity index (χ2v) is 9.39. The third-order valence-electron chi connectivity index (χ3n) is 8.66. The smallest absolute Gasteiger partial charge is 0.0628 e. The summed E-state index contributed by atoms with van der Waals surface area (Å²) < 4.78 is 6.02. The maximum Gasteiger partial charge on any atom is 0.0628 e. The fourth-order valence-electron chi connectivity index (χ4n) is 7.38. The highest BCUT2D eigenvalue weighted by Gasteiger charge is 2.61. The SMILES string of the molecule is CC12CCC3C(CC=C4CC(O)C5COCC43C5)C1CCC2O. The molecule has 8 atom stereocenters. The van der Waals surface area contributed by atoms with Crippen molar-refractivity contribution in [1.82, 2.24) is 0 Å². The number of ether oxygens (including phenoxy) is 1. The Morgan fingerprint density at radius 2 is 2.04 bits per heavy atom. The fourth-order valence-corrected chi connectivity index (χ4v) is 7.38. The molecule has 5 rings (SSSR count). The van der Waals surface area contributed by atoms with E-state index in [1.165, 1.54) is 24.8 Å². The summed E-state index contributed by atoms with van der Waals surface area (Å²) in [7, 11) is 0. The molecule has 1 spiro atoms. The highest BCUT2D eigenvalue weighted by Crippen LogP contribution is 2.66. The number of hydrogen-bond acceptors (Lipinski definition) is 3. The molecule has 0 radical (unpaired) electrons. The molecule has 5 aliphatic rings. The second kappa shape index (κ2) is 4.83. The topological polar surface area (TPSA) is 49.7 Å². The maximum absolute atomic E-state index is 10.5. The van der Waals surface area contributed by atoms with E-state index in [9.17, 15) is 10.2 Å². The first-order valence-corrected chi connectivity index (χ1v) is 9.68. The van der Waals surface area contributed by atoms with E-state index in [4.69, 9.17) is 4.74 Å². The summed E-state index contributed by atoms with van der Waals surface area (Å²) >= 11 is 0. The van der Waals surface area contributed by atoms with E-state index in [2.05, 4.69) is 13.0 Å². The standard InChI is InChI=1S/C20H30O3/c1-19-7-6-16-14(15(19)4-5-18(19)22)3-2-13-8-17(21)12-9-20(13,16)11-23-10-12/h2,12,14-18,21-22H,3-11H2,1H3. The van der Waals surface area contributed by atoms with Gasteiger partial charge in [0, 0.05) is 11.3 Å². The molecule has 2 N–H and O–H groups in total. The van der Waals surface area contributed by atoms with Crippen molar-refractivity contribution in [3.63, 3.8) is 0 Å². The number of fused-ring (bicyclic) bond motifs is 4. The molecule has 4 fully saturated rings. The molecule has 4 aliphatic carbocycles. The molecule has 0 aromatic heterocycles. The van der Waals surface area contributed by atoms with Crippen LogP contribution in [0.2, 0.25) is 0 Å². The molecule has 3 heteroatoms. The van der Waals surface area contributed by atoms with E-state index in [1.54, 1.807) is 0 Å². The lowest BCUT2D eigenvalue weighted by Crippen LogP contribution is -2.57. The Labute approximate surface area is 139 Å². The summed E-state index contributed by atoms with van der Waals surface area (Å²) in [4.78, 5) is 0. The van der Waals surface area contributed by atoms with Crippen molar-refractivity contribution in [3.8, 4) is 0 Å². The van der Waals surface area contributed by atoms with Crippen LogP contribution in [0.5, 0.6) is 0 Å². The van der Waals surface area contributed by atoms with Crippen LogP contribution in [-0.2, 0) is 4.74 Å². The van der Waals surface area contributed by atoms with Gasteiger partial charge in [-0.1, -0.05) is 18.6 Å². The van der Waals surface area contributed by atoms with Crippen LogP contribution < -0.4 is 0 Å². The van der Waals surface area contributed by atoms with Crippen LogP contribution >= 0.6 is 0 Å². The average Bonchev–Trinajstić information content (AvgIpc) is 2.85. The van der Waals surface area contributed by atoms with Gasteiger partial charge in [0.1, 0.15) is 0 Å². The summed E-state index contributed by atoms with van der Waals surface area (Å²) in [6, 6.07) is 0. The molecule has 0 amide bonds. The zero-order valence-corrected chi connectivity index (χ0v) is 14.2. The molecule has 3 nitrogen and oxygen atoms in total. The second-order valence-electron chi connectivity index (χ2n) is 9.39. The molecule has 2 bridgehead atoms. The molecular weight excluding hydrogens is 288 g/mol. The van der Waals surface area contributed by atoms with Crippen molar-refractivity contribution in [1.29, 1.82) is 0 Å². The Bertz CT molecular complexity index is 543. The van der Waals surface area contributed by atoms with E-state index < -0.39 is 0 Å². The number of allylic oxidation sites excluding steroid dienone is 1. The third kappa shape index (κ3) is 1.82. The molecule has 0 aromatic rings. The van der Waals surface area contributed by atoms with Gasteiger partial charge in [-0.05, 0) is 68.1 Å². The van der Waals surface area contributed by atoms with Crippen molar-refractivity contribution in [2.75, 3.05) is 13.2 Å². The normalized spacial score (nSPS) is 58.0. The van der Waals surface area contributed by atoms with Gasteiger partial charge in [0.15, 0.2) is 0 Å². The predicted octanol–water partition coefficient (Wildman–Crippen LogP) is 2.91. The Morgan fingerprint density at radius 3 is 2.91 bits per heavy atom. The van der Waals surface area contributed by atoms with Gasteiger partial charge >= 0.3 is 0 Å². The molecule has 0 aromatic carbocycles. The Kier molecular flexibility index (Phi) is 3.13. The minimum atomic E-state index is -0.201. The number of rotatable bonds is 0. The van der Waals surface area contributed by atoms with Crippen molar-refractivity contribution in [3.05, 3.63) is 11.6 Å². The lowest BCUT2D eigenvalue weighted by Gasteiger charge is -2.61. The third-order valence-corrected chi connectivity index (χ3v) is 8.66. The molecule has 1 heterocycles. The minimum Gasteiger partial charge on any atom is -0.393 e. The zero-order valence-electron chi connectivity index (χ0n) is 14.2. The van der Waals surface area contributed by atoms with E-state index in [1.807, 2.05) is 0 Å². The largest absolute Gasteiger partial charge is 0.393 e. The molecular formula is C20H30O3. The highest BCUT2D eigenvalue weighted by molar-refractivity contribution is 5.28. The summed E-state index contributed by atoms with van der Waals surface area (Å²) in [6.07, 6.45) is 9.93. The van der Waals surface area contributed by atoms with Crippen molar-refractivity contribution in [2.24, 2.45) is 34.5 Å². The molecule has 23 heavy (non-hydrogen) atoms. The number of hydrogen-bond donors (Lipinski definition) is 2. The molecule has 1 aliphatic heterocycles. The van der Waals surface area contributed by atoms with E-state index in [0.29, 0.717) is 23.7 Å². The zero-order chi connectivity index (χ0) is 15.8. The van der Waals surface area contributed by atoms with Gasteiger partial charge in [-0.25, -0.2) is 0 Å². The average molecular weight is 318 g/mol. The van der Waals surface area contributed by atoms with Gasteiger partial charge in [0.25, 0.3) is 0 Å². The van der Waals surface area contributed by atoms with E-state index >= 15 is 0 Å². The Hall–Kier alpha value is -0.380. The minimum absolute atomic E-state index is 0.0974. The first kappa shape index (κ1) is 14.9. The maximum atomic E-state index is 10.5. The van der Waals surface area contributed by atoms with Gasteiger partial charge in [0.05, 0.1) is 25.4 Å². The Morgan fingerprint density at radius 1 is 1.17 bits per heavy atom. The van der Waals surface area contributed by atoms with Crippen LogP contribution in [0.1, 0.15) is 51.9 Å². The molecule has 128 valence electrons. The van der Waals surface area contributed by atoms with Crippen molar-refractivity contribution >= 4 is 0 Å². The van der Waals surface area contributed by atoms with Gasteiger partial charge in [-0.15, -0.1) is 0 Å². The van der Waals surface area contributed by atoms with Crippen LogP contribution in [0.15, 0.2) is 11.6 Å². The number of aliphatic hydroxyl groups is 2. The molecule has 3 saturated carbocycles. The van der Waals surface area contributed by atoms with Crippen molar-refractivity contribution < 1.29 is 14.9 Å². The summed E-state index contributed by atoms with van der Waals surface area (Å²) in [5.41, 5.74) is 1.86. The van der Waals surface area contributed by atoms with Crippen molar-refractivity contribution in [2.45, 2.75) is 64.1 Å². The first-order valence-electron chi connectivity index (χ1n) is 9.68.